The normalized spacial score (nSPS) is 16.7. The van der Waals surface area contributed by atoms with E-state index in [-0.39, 0.29) is 0 Å². The van der Waals surface area contributed by atoms with Gasteiger partial charge in [0.2, 0.25) is 0 Å². The lowest BCUT2D eigenvalue weighted by atomic mass is 10.1. The highest BCUT2D eigenvalue weighted by Crippen LogP contribution is 2.19. The van der Waals surface area contributed by atoms with Crippen LogP contribution in [0.2, 0.25) is 0 Å². The summed E-state index contributed by atoms with van der Waals surface area (Å²) in [7, 11) is 5.72. The molecule has 0 aliphatic heterocycles. The number of guanidine groups is 1. The molecule has 26 heavy (non-hydrogen) atoms. The number of methoxy groups -OCH3 is 1. The topological polar surface area (TPSA) is 58.1 Å². The van der Waals surface area contributed by atoms with Gasteiger partial charge >= 0.3 is 0 Å². The number of hydrogen-bond acceptors (Lipinski definition) is 4. The van der Waals surface area contributed by atoms with E-state index in [0.29, 0.717) is 6.10 Å². The average molecular weight is 371 g/mol. The van der Waals surface area contributed by atoms with Crippen LogP contribution in [0.3, 0.4) is 0 Å². The van der Waals surface area contributed by atoms with E-state index in [1.807, 2.05) is 7.05 Å². The second-order valence-corrected chi connectivity index (χ2v) is 7.27. The number of aliphatic imine (C=N–C) groups is 1. The molecule has 1 saturated carbocycles. The number of ether oxygens (including phenoxy) is 2. The largest absolute Gasteiger partial charge is 0.385 e. The Labute approximate surface area is 161 Å². The Morgan fingerprint density at radius 2 is 1.69 bits per heavy atom. The smallest absolute Gasteiger partial charge is 0.191 e. The Balaban J connectivity index is 1.97. The van der Waals surface area contributed by atoms with E-state index in [1.54, 1.807) is 7.11 Å². The Morgan fingerprint density at radius 3 is 2.38 bits per heavy atom. The van der Waals surface area contributed by atoms with Crippen LogP contribution in [0.25, 0.3) is 0 Å². The third-order valence-corrected chi connectivity index (χ3v) is 4.92. The van der Waals surface area contributed by atoms with Crippen molar-refractivity contribution in [3.63, 3.8) is 0 Å². The van der Waals surface area contributed by atoms with E-state index in [0.717, 1.165) is 64.6 Å². The van der Waals surface area contributed by atoms with E-state index in [9.17, 15) is 0 Å². The SMILES string of the molecule is CN=C(NCCCCOC1CCCCCC1)NCCN(C)CCCOC. The third-order valence-electron chi connectivity index (χ3n) is 4.92. The molecule has 0 aromatic heterocycles. The van der Waals surface area contributed by atoms with Crippen molar-refractivity contribution in [3.05, 3.63) is 0 Å². The van der Waals surface area contributed by atoms with Crippen molar-refractivity contribution in [2.45, 2.75) is 63.9 Å². The lowest BCUT2D eigenvalue weighted by Gasteiger charge is -2.18. The maximum absolute atomic E-state index is 6.04. The van der Waals surface area contributed by atoms with Gasteiger partial charge in [-0.25, -0.2) is 0 Å². The fraction of sp³-hybridized carbons (Fsp3) is 0.950. The van der Waals surface area contributed by atoms with Gasteiger partial charge in [-0.05, 0) is 39.2 Å². The quantitative estimate of drug-likeness (QED) is 0.226. The van der Waals surface area contributed by atoms with Gasteiger partial charge in [-0.3, -0.25) is 4.99 Å². The van der Waals surface area contributed by atoms with Crippen LogP contribution < -0.4 is 10.6 Å². The summed E-state index contributed by atoms with van der Waals surface area (Å²) in [5.74, 6) is 0.889. The standard InChI is InChI=1S/C20H42N4O2/c1-21-20(23-14-16-24(2)15-10-17-25-3)22-13-8-9-18-26-19-11-6-4-5-7-12-19/h19H,4-18H2,1-3H3,(H2,21,22,23). The zero-order valence-electron chi connectivity index (χ0n) is 17.4. The third kappa shape index (κ3) is 12.5. The van der Waals surface area contributed by atoms with Crippen molar-refractivity contribution in [2.75, 3.05) is 60.6 Å². The molecule has 0 heterocycles. The van der Waals surface area contributed by atoms with Crippen LogP contribution in [0, 0.1) is 0 Å². The Morgan fingerprint density at radius 1 is 0.962 bits per heavy atom. The lowest BCUT2D eigenvalue weighted by Crippen LogP contribution is -2.41. The highest BCUT2D eigenvalue weighted by Gasteiger charge is 2.11. The molecule has 0 bridgehead atoms. The first-order chi connectivity index (χ1) is 12.8. The molecule has 1 aliphatic carbocycles. The summed E-state index contributed by atoms with van der Waals surface area (Å²) in [4.78, 5) is 6.60. The fourth-order valence-corrected chi connectivity index (χ4v) is 3.27. The second kappa shape index (κ2) is 16.3. The molecule has 154 valence electrons. The van der Waals surface area contributed by atoms with E-state index >= 15 is 0 Å². The minimum atomic E-state index is 0.515. The molecule has 0 atom stereocenters. The molecule has 1 aliphatic rings. The number of nitrogens with zero attached hydrogens (tertiary/aromatic N) is 2. The number of likely N-dealkylation sites (N-methyl/N-ethyl adjacent to an activating group) is 1. The molecule has 0 aromatic carbocycles. The van der Waals surface area contributed by atoms with Gasteiger partial charge in [-0.2, -0.15) is 0 Å². The number of nitrogens with one attached hydrogen (secondary N) is 2. The Kier molecular flexibility index (Phi) is 14.6. The summed E-state index contributed by atoms with van der Waals surface area (Å²) < 4.78 is 11.1. The highest BCUT2D eigenvalue weighted by molar-refractivity contribution is 5.79. The van der Waals surface area contributed by atoms with Crippen LogP contribution in [-0.4, -0.2) is 77.6 Å². The van der Waals surface area contributed by atoms with Gasteiger partial charge < -0.3 is 25.0 Å². The first kappa shape index (κ1) is 23.2. The monoisotopic (exact) mass is 370 g/mol. The van der Waals surface area contributed by atoms with Crippen LogP contribution in [0.5, 0.6) is 0 Å². The van der Waals surface area contributed by atoms with Gasteiger partial charge in [0, 0.05) is 53.6 Å². The number of hydrogen-bond donors (Lipinski definition) is 2. The summed E-state index contributed by atoms with van der Waals surface area (Å²) in [5, 5.41) is 6.76. The molecule has 1 fully saturated rings. The maximum atomic E-state index is 6.04. The summed E-state index contributed by atoms with van der Waals surface area (Å²) in [6.45, 7) is 5.61. The Hall–Kier alpha value is -0.850. The molecule has 0 unspecified atom stereocenters. The molecule has 0 saturated heterocycles. The zero-order valence-corrected chi connectivity index (χ0v) is 17.4. The molecule has 0 amide bonds. The molecule has 0 spiro atoms. The van der Waals surface area contributed by atoms with Gasteiger partial charge in [0.25, 0.3) is 0 Å². The van der Waals surface area contributed by atoms with E-state index < -0.39 is 0 Å². The highest BCUT2D eigenvalue weighted by atomic mass is 16.5. The minimum absolute atomic E-state index is 0.515. The van der Waals surface area contributed by atoms with E-state index in [4.69, 9.17) is 9.47 Å². The van der Waals surface area contributed by atoms with Crippen molar-refractivity contribution >= 4 is 5.96 Å². The van der Waals surface area contributed by atoms with Crippen LogP contribution in [0.4, 0.5) is 0 Å². The molecule has 0 aromatic rings. The van der Waals surface area contributed by atoms with Gasteiger partial charge in [0.05, 0.1) is 6.10 Å². The maximum Gasteiger partial charge on any atom is 0.191 e. The number of rotatable bonds is 13. The molecular weight excluding hydrogens is 328 g/mol. The van der Waals surface area contributed by atoms with Crippen LogP contribution in [-0.2, 0) is 9.47 Å². The van der Waals surface area contributed by atoms with Gasteiger partial charge in [0.15, 0.2) is 5.96 Å². The van der Waals surface area contributed by atoms with Gasteiger partial charge in [-0.1, -0.05) is 25.7 Å². The summed E-state index contributed by atoms with van der Waals surface area (Å²) in [6, 6.07) is 0. The predicted octanol–water partition coefficient (Wildman–Crippen LogP) is 2.64. The zero-order chi connectivity index (χ0) is 18.9. The predicted molar refractivity (Wildman–Crippen MR) is 110 cm³/mol. The van der Waals surface area contributed by atoms with Gasteiger partial charge in [-0.15, -0.1) is 0 Å². The van der Waals surface area contributed by atoms with Gasteiger partial charge in [0.1, 0.15) is 0 Å². The second-order valence-electron chi connectivity index (χ2n) is 7.27. The minimum Gasteiger partial charge on any atom is -0.385 e. The summed E-state index contributed by atoms with van der Waals surface area (Å²) >= 11 is 0. The van der Waals surface area contributed by atoms with Crippen molar-refractivity contribution < 1.29 is 9.47 Å². The molecule has 6 nitrogen and oxygen atoms in total. The van der Waals surface area contributed by atoms with E-state index in [1.165, 1.54) is 38.5 Å². The summed E-state index contributed by atoms with van der Waals surface area (Å²) in [6.07, 6.45) is 11.8. The average Bonchev–Trinajstić information content (AvgIpc) is 2.92. The summed E-state index contributed by atoms with van der Waals surface area (Å²) in [5.41, 5.74) is 0. The molecule has 2 N–H and O–H groups in total. The first-order valence-electron chi connectivity index (χ1n) is 10.5. The molecule has 6 heteroatoms. The van der Waals surface area contributed by atoms with Crippen molar-refractivity contribution in [2.24, 2.45) is 4.99 Å². The van der Waals surface area contributed by atoms with Crippen LogP contribution in [0.1, 0.15) is 57.8 Å². The molecule has 0 radical (unpaired) electrons. The van der Waals surface area contributed by atoms with Crippen LogP contribution >= 0.6 is 0 Å². The first-order valence-corrected chi connectivity index (χ1v) is 10.5. The molecular formula is C20H42N4O2. The van der Waals surface area contributed by atoms with Crippen molar-refractivity contribution in [1.29, 1.82) is 0 Å². The molecule has 1 rings (SSSR count). The van der Waals surface area contributed by atoms with Crippen molar-refractivity contribution in [3.8, 4) is 0 Å². The van der Waals surface area contributed by atoms with E-state index in [2.05, 4.69) is 27.6 Å². The van der Waals surface area contributed by atoms with Crippen LogP contribution in [0.15, 0.2) is 4.99 Å². The fourth-order valence-electron chi connectivity index (χ4n) is 3.27. The Bertz CT molecular complexity index is 345. The van der Waals surface area contributed by atoms with Crippen molar-refractivity contribution in [1.82, 2.24) is 15.5 Å². The number of unbranched alkanes of at least 4 members (excludes halogenated alkanes) is 1. The lowest BCUT2D eigenvalue weighted by molar-refractivity contribution is 0.0411.